The summed E-state index contributed by atoms with van der Waals surface area (Å²) in [6.07, 6.45) is 2.05. The minimum absolute atomic E-state index is 0.0336. The zero-order valence-corrected chi connectivity index (χ0v) is 11.4. The van der Waals surface area contributed by atoms with Crippen LogP contribution in [0.4, 0.5) is 5.69 Å². The molecule has 1 N–H and O–H groups in total. The number of nitriles is 1. The molecule has 1 rings (SSSR count). The third-order valence-corrected chi connectivity index (χ3v) is 3.44. The van der Waals surface area contributed by atoms with E-state index in [1.54, 1.807) is 0 Å². The second-order valence-electron chi connectivity index (χ2n) is 4.78. The van der Waals surface area contributed by atoms with Crippen LogP contribution in [0.25, 0.3) is 0 Å². The van der Waals surface area contributed by atoms with Crippen LogP contribution in [0.2, 0.25) is 0 Å². The van der Waals surface area contributed by atoms with Crippen LogP contribution >= 0.6 is 0 Å². The predicted molar refractivity (Wildman–Crippen MR) is 71.0 cm³/mol. The Morgan fingerprint density at radius 3 is 2.41 bits per heavy atom. The molecule has 92 valence electrons. The lowest BCUT2D eigenvalue weighted by atomic mass is 9.94. The van der Waals surface area contributed by atoms with Gasteiger partial charge in [0, 0.05) is 11.2 Å². The molecule has 0 spiro atoms. The Morgan fingerprint density at radius 2 is 1.94 bits per heavy atom. The van der Waals surface area contributed by atoms with Crippen molar-refractivity contribution in [2.45, 2.75) is 53.0 Å². The van der Waals surface area contributed by atoms with Crippen molar-refractivity contribution in [1.82, 2.24) is 4.98 Å². The number of pyridine rings is 1. The van der Waals surface area contributed by atoms with E-state index >= 15 is 0 Å². The Bertz CT molecular complexity index is 440. The van der Waals surface area contributed by atoms with Gasteiger partial charge in [0.25, 0.3) is 0 Å². The lowest BCUT2D eigenvalue weighted by Crippen LogP contribution is -2.33. The molecule has 0 aliphatic heterocycles. The van der Waals surface area contributed by atoms with Crippen LogP contribution in [0, 0.1) is 25.2 Å². The topological polar surface area (TPSA) is 48.7 Å². The van der Waals surface area contributed by atoms with E-state index in [1.807, 2.05) is 19.9 Å². The molecule has 0 saturated carbocycles. The molecule has 3 heteroatoms. The van der Waals surface area contributed by atoms with E-state index in [1.165, 1.54) is 0 Å². The van der Waals surface area contributed by atoms with E-state index in [0.29, 0.717) is 5.56 Å². The van der Waals surface area contributed by atoms with Gasteiger partial charge in [0.2, 0.25) is 0 Å². The fraction of sp³-hybridized carbons (Fsp3) is 0.571. The van der Waals surface area contributed by atoms with E-state index in [9.17, 15) is 5.26 Å². The Morgan fingerprint density at radius 1 is 1.35 bits per heavy atom. The summed E-state index contributed by atoms with van der Waals surface area (Å²) in [4.78, 5) is 4.32. The minimum atomic E-state index is 0.0336. The molecule has 0 aliphatic carbocycles. The molecule has 3 nitrogen and oxygen atoms in total. The van der Waals surface area contributed by atoms with Gasteiger partial charge in [-0.15, -0.1) is 0 Å². The largest absolute Gasteiger partial charge is 0.379 e. The normalized spacial score (nSPS) is 11.1. The maximum atomic E-state index is 9.20. The summed E-state index contributed by atoms with van der Waals surface area (Å²) in [6, 6.07) is 4.19. The van der Waals surface area contributed by atoms with E-state index in [-0.39, 0.29) is 5.54 Å². The maximum absolute atomic E-state index is 9.20. The van der Waals surface area contributed by atoms with Gasteiger partial charge in [-0.2, -0.15) is 5.26 Å². The van der Waals surface area contributed by atoms with Gasteiger partial charge in [-0.25, -0.2) is 0 Å². The number of aromatic nitrogens is 1. The van der Waals surface area contributed by atoms with Crippen molar-refractivity contribution in [2.75, 3.05) is 5.32 Å². The smallest absolute Gasteiger partial charge is 0.103 e. The average Bonchev–Trinajstić information content (AvgIpc) is 2.28. The second kappa shape index (κ2) is 5.18. The summed E-state index contributed by atoms with van der Waals surface area (Å²) >= 11 is 0. The van der Waals surface area contributed by atoms with Gasteiger partial charge in [0.05, 0.1) is 16.9 Å². The molecule has 0 amide bonds. The zero-order chi connectivity index (χ0) is 13.1. The molecule has 1 heterocycles. The van der Waals surface area contributed by atoms with Gasteiger partial charge < -0.3 is 5.32 Å². The summed E-state index contributed by atoms with van der Waals surface area (Å²) in [7, 11) is 0. The standard InChI is InChI=1S/C14H21N3/c1-6-14(5,7-2)17-13-8-10(3)16-11(4)12(13)9-15/h8H,6-7H2,1-5H3,(H,16,17). The van der Waals surface area contributed by atoms with Crippen LogP contribution in [0.1, 0.15) is 50.6 Å². The third-order valence-electron chi connectivity index (χ3n) is 3.44. The molecule has 0 fully saturated rings. The summed E-state index contributed by atoms with van der Waals surface area (Å²) in [6.45, 7) is 10.3. The Labute approximate surface area is 104 Å². The van der Waals surface area contributed by atoms with Crippen molar-refractivity contribution >= 4 is 5.69 Å². The van der Waals surface area contributed by atoms with Crippen molar-refractivity contribution in [1.29, 1.82) is 5.26 Å². The highest BCUT2D eigenvalue weighted by Gasteiger charge is 2.21. The number of nitrogens with one attached hydrogen (secondary N) is 1. The maximum Gasteiger partial charge on any atom is 0.103 e. The van der Waals surface area contributed by atoms with E-state index < -0.39 is 0 Å². The van der Waals surface area contributed by atoms with Crippen LogP contribution in [-0.2, 0) is 0 Å². The summed E-state index contributed by atoms with van der Waals surface area (Å²) in [5, 5.41) is 12.7. The number of hydrogen-bond acceptors (Lipinski definition) is 3. The molecular weight excluding hydrogens is 210 g/mol. The van der Waals surface area contributed by atoms with Crippen molar-refractivity contribution in [2.24, 2.45) is 0 Å². The Balaban J connectivity index is 3.19. The first-order chi connectivity index (χ1) is 7.95. The molecule has 0 atom stereocenters. The molecule has 0 radical (unpaired) electrons. The summed E-state index contributed by atoms with van der Waals surface area (Å²) < 4.78 is 0. The number of hydrogen-bond donors (Lipinski definition) is 1. The fourth-order valence-electron chi connectivity index (χ4n) is 1.82. The van der Waals surface area contributed by atoms with Gasteiger partial charge in [0.15, 0.2) is 0 Å². The van der Waals surface area contributed by atoms with Gasteiger partial charge in [-0.05, 0) is 39.7 Å². The van der Waals surface area contributed by atoms with Crippen molar-refractivity contribution in [3.63, 3.8) is 0 Å². The van der Waals surface area contributed by atoms with Crippen LogP contribution in [0.5, 0.6) is 0 Å². The average molecular weight is 231 g/mol. The quantitative estimate of drug-likeness (QED) is 0.862. The van der Waals surface area contributed by atoms with Crippen LogP contribution in [0.15, 0.2) is 6.07 Å². The lowest BCUT2D eigenvalue weighted by Gasteiger charge is -2.30. The summed E-state index contributed by atoms with van der Waals surface area (Å²) in [5.41, 5.74) is 3.33. The van der Waals surface area contributed by atoms with Crippen LogP contribution in [0.3, 0.4) is 0 Å². The van der Waals surface area contributed by atoms with Gasteiger partial charge in [0.1, 0.15) is 6.07 Å². The number of aryl methyl sites for hydroxylation is 2. The predicted octanol–water partition coefficient (Wildman–Crippen LogP) is 3.56. The first-order valence-corrected chi connectivity index (χ1v) is 6.12. The molecule has 0 bridgehead atoms. The molecule has 17 heavy (non-hydrogen) atoms. The summed E-state index contributed by atoms with van der Waals surface area (Å²) in [5.74, 6) is 0. The highest BCUT2D eigenvalue weighted by molar-refractivity contribution is 5.60. The van der Waals surface area contributed by atoms with Gasteiger partial charge in [-0.3, -0.25) is 4.98 Å². The Hall–Kier alpha value is -1.56. The molecule has 1 aromatic rings. The second-order valence-corrected chi connectivity index (χ2v) is 4.78. The van der Waals surface area contributed by atoms with Crippen LogP contribution in [-0.4, -0.2) is 10.5 Å². The number of anilines is 1. The molecule has 0 aromatic carbocycles. The third kappa shape index (κ3) is 2.97. The van der Waals surface area contributed by atoms with E-state index in [0.717, 1.165) is 29.9 Å². The molecule has 0 saturated heterocycles. The lowest BCUT2D eigenvalue weighted by molar-refractivity contribution is 0.478. The first-order valence-electron chi connectivity index (χ1n) is 6.12. The van der Waals surface area contributed by atoms with Crippen molar-refractivity contribution < 1.29 is 0 Å². The van der Waals surface area contributed by atoms with Crippen molar-refractivity contribution in [3.8, 4) is 6.07 Å². The Kier molecular flexibility index (Phi) is 4.11. The monoisotopic (exact) mass is 231 g/mol. The van der Waals surface area contributed by atoms with Gasteiger partial charge >= 0.3 is 0 Å². The van der Waals surface area contributed by atoms with Crippen LogP contribution < -0.4 is 5.32 Å². The SMILES string of the molecule is CCC(C)(CC)Nc1cc(C)nc(C)c1C#N. The number of nitrogens with zero attached hydrogens (tertiary/aromatic N) is 2. The van der Waals surface area contributed by atoms with Gasteiger partial charge in [-0.1, -0.05) is 13.8 Å². The first kappa shape index (κ1) is 13.5. The molecule has 0 unspecified atom stereocenters. The fourth-order valence-corrected chi connectivity index (χ4v) is 1.82. The molecule has 1 aromatic heterocycles. The van der Waals surface area contributed by atoms with Crippen molar-refractivity contribution in [3.05, 3.63) is 23.0 Å². The zero-order valence-electron chi connectivity index (χ0n) is 11.4. The highest BCUT2D eigenvalue weighted by atomic mass is 15.0. The van der Waals surface area contributed by atoms with E-state index in [4.69, 9.17) is 0 Å². The minimum Gasteiger partial charge on any atom is -0.379 e. The highest BCUT2D eigenvalue weighted by Crippen LogP contribution is 2.26. The molecule has 0 aliphatic rings. The van der Waals surface area contributed by atoms with E-state index in [2.05, 4.69) is 37.1 Å². The molecular formula is C14H21N3. The number of rotatable bonds is 4.